The monoisotopic (exact) mass is 267 g/mol. The lowest BCUT2D eigenvalue weighted by atomic mass is 10.1. The summed E-state index contributed by atoms with van der Waals surface area (Å²) in [6, 6.07) is 0. The first kappa shape index (κ1) is 14.1. The van der Waals surface area contributed by atoms with Crippen LogP contribution in [0.15, 0.2) is 4.42 Å². The molecular formula is C14H21NO4. The maximum absolute atomic E-state index is 11.9. The standard InChI is InChI=1S/C14H21NO4/c1-4-17-14(16)12-10(8-9(2)3)15-13(19-12)11-6-5-7-18-11/h9,11H,4-8H2,1-3H3. The van der Waals surface area contributed by atoms with Crippen molar-refractivity contribution in [1.82, 2.24) is 4.98 Å². The second kappa shape index (κ2) is 6.19. The molecule has 5 nitrogen and oxygen atoms in total. The van der Waals surface area contributed by atoms with E-state index in [9.17, 15) is 4.79 Å². The number of rotatable bonds is 5. The minimum atomic E-state index is -0.435. The molecule has 1 unspecified atom stereocenters. The molecule has 0 N–H and O–H groups in total. The van der Waals surface area contributed by atoms with E-state index in [1.54, 1.807) is 6.92 Å². The van der Waals surface area contributed by atoms with Crippen molar-refractivity contribution in [2.24, 2.45) is 5.92 Å². The molecule has 0 saturated carbocycles. The average molecular weight is 267 g/mol. The molecule has 1 aromatic heterocycles. The molecule has 0 radical (unpaired) electrons. The van der Waals surface area contributed by atoms with Crippen molar-refractivity contribution in [3.05, 3.63) is 17.3 Å². The third-order valence-corrected chi connectivity index (χ3v) is 2.98. The van der Waals surface area contributed by atoms with Gasteiger partial charge in [0, 0.05) is 6.61 Å². The summed E-state index contributed by atoms with van der Waals surface area (Å²) >= 11 is 0. The van der Waals surface area contributed by atoms with Crippen LogP contribution in [0.2, 0.25) is 0 Å². The number of hydrogen-bond donors (Lipinski definition) is 0. The fourth-order valence-electron chi connectivity index (χ4n) is 2.16. The van der Waals surface area contributed by atoms with Gasteiger partial charge in [0.15, 0.2) is 0 Å². The Kier molecular flexibility index (Phi) is 4.58. The zero-order chi connectivity index (χ0) is 13.8. The number of carbonyl (C=O) groups is 1. The molecule has 1 aromatic rings. The highest BCUT2D eigenvalue weighted by molar-refractivity contribution is 5.87. The van der Waals surface area contributed by atoms with Gasteiger partial charge in [0.1, 0.15) is 6.10 Å². The first-order valence-corrected chi connectivity index (χ1v) is 6.90. The number of aromatic nitrogens is 1. The van der Waals surface area contributed by atoms with Crippen LogP contribution >= 0.6 is 0 Å². The van der Waals surface area contributed by atoms with Crippen LogP contribution in [0.5, 0.6) is 0 Å². The topological polar surface area (TPSA) is 61.6 Å². The molecule has 1 saturated heterocycles. The molecular weight excluding hydrogens is 246 g/mol. The van der Waals surface area contributed by atoms with Gasteiger partial charge in [0.05, 0.1) is 12.3 Å². The molecule has 0 bridgehead atoms. The van der Waals surface area contributed by atoms with E-state index in [2.05, 4.69) is 18.8 Å². The third kappa shape index (κ3) is 3.35. The highest BCUT2D eigenvalue weighted by Crippen LogP contribution is 2.30. The quantitative estimate of drug-likeness (QED) is 0.768. The van der Waals surface area contributed by atoms with E-state index in [1.807, 2.05) is 0 Å². The van der Waals surface area contributed by atoms with E-state index >= 15 is 0 Å². The Morgan fingerprint density at radius 2 is 2.32 bits per heavy atom. The Labute approximate surface area is 113 Å². The van der Waals surface area contributed by atoms with Crippen LogP contribution in [-0.2, 0) is 15.9 Å². The number of esters is 1. The van der Waals surface area contributed by atoms with Gasteiger partial charge < -0.3 is 13.9 Å². The predicted molar refractivity (Wildman–Crippen MR) is 68.9 cm³/mol. The highest BCUT2D eigenvalue weighted by atomic mass is 16.5. The molecule has 2 heterocycles. The number of oxazole rings is 1. The summed E-state index contributed by atoms with van der Waals surface area (Å²) in [5, 5.41) is 0. The molecule has 0 amide bonds. The van der Waals surface area contributed by atoms with Crippen LogP contribution in [0.4, 0.5) is 0 Å². The van der Waals surface area contributed by atoms with E-state index in [-0.39, 0.29) is 11.9 Å². The van der Waals surface area contributed by atoms with Gasteiger partial charge in [0.2, 0.25) is 11.7 Å². The Morgan fingerprint density at radius 1 is 1.53 bits per heavy atom. The molecule has 19 heavy (non-hydrogen) atoms. The maximum atomic E-state index is 11.9. The lowest BCUT2D eigenvalue weighted by Gasteiger charge is -2.02. The fraction of sp³-hybridized carbons (Fsp3) is 0.714. The van der Waals surface area contributed by atoms with Crippen molar-refractivity contribution >= 4 is 5.97 Å². The lowest BCUT2D eigenvalue weighted by molar-refractivity contribution is 0.0469. The van der Waals surface area contributed by atoms with Gasteiger partial charge in [-0.3, -0.25) is 0 Å². The third-order valence-electron chi connectivity index (χ3n) is 2.98. The van der Waals surface area contributed by atoms with Gasteiger partial charge >= 0.3 is 5.97 Å². The highest BCUT2D eigenvalue weighted by Gasteiger charge is 2.28. The van der Waals surface area contributed by atoms with Crippen LogP contribution in [-0.4, -0.2) is 24.2 Å². The normalized spacial score (nSPS) is 19.1. The van der Waals surface area contributed by atoms with E-state index in [4.69, 9.17) is 13.9 Å². The summed E-state index contributed by atoms with van der Waals surface area (Å²) in [4.78, 5) is 16.3. The molecule has 1 aliphatic heterocycles. The van der Waals surface area contributed by atoms with Gasteiger partial charge in [-0.05, 0) is 32.1 Å². The summed E-state index contributed by atoms with van der Waals surface area (Å²) in [6.45, 7) is 6.99. The summed E-state index contributed by atoms with van der Waals surface area (Å²) in [5.41, 5.74) is 0.680. The lowest BCUT2D eigenvalue weighted by Crippen LogP contribution is -2.08. The number of carbonyl (C=O) groups excluding carboxylic acids is 1. The van der Waals surface area contributed by atoms with Crippen LogP contribution < -0.4 is 0 Å². The van der Waals surface area contributed by atoms with Crippen LogP contribution in [0, 0.1) is 5.92 Å². The van der Waals surface area contributed by atoms with Gasteiger partial charge in [0.25, 0.3) is 0 Å². The molecule has 1 aliphatic rings. The second-order valence-electron chi connectivity index (χ2n) is 5.15. The van der Waals surface area contributed by atoms with Crippen molar-refractivity contribution in [3.8, 4) is 0 Å². The molecule has 1 atom stereocenters. The Bertz CT molecular complexity index is 433. The van der Waals surface area contributed by atoms with Crippen molar-refractivity contribution in [1.29, 1.82) is 0 Å². The molecule has 2 rings (SSSR count). The van der Waals surface area contributed by atoms with Gasteiger partial charge in [-0.2, -0.15) is 0 Å². The molecule has 0 spiro atoms. The largest absolute Gasteiger partial charge is 0.460 e. The zero-order valence-electron chi connectivity index (χ0n) is 11.8. The Morgan fingerprint density at radius 3 is 2.89 bits per heavy atom. The van der Waals surface area contributed by atoms with Crippen molar-refractivity contribution in [2.75, 3.05) is 13.2 Å². The maximum Gasteiger partial charge on any atom is 0.376 e. The summed E-state index contributed by atoms with van der Waals surface area (Å²) < 4.78 is 16.2. The summed E-state index contributed by atoms with van der Waals surface area (Å²) in [7, 11) is 0. The molecule has 5 heteroatoms. The van der Waals surface area contributed by atoms with Gasteiger partial charge in [-0.25, -0.2) is 9.78 Å². The minimum Gasteiger partial charge on any atom is -0.460 e. The predicted octanol–water partition coefficient (Wildman–Crippen LogP) is 2.90. The van der Waals surface area contributed by atoms with Crippen LogP contribution in [0.25, 0.3) is 0 Å². The van der Waals surface area contributed by atoms with Gasteiger partial charge in [-0.15, -0.1) is 0 Å². The van der Waals surface area contributed by atoms with E-state index < -0.39 is 5.97 Å². The van der Waals surface area contributed by atoms with Gasteiger partial charge in [-0.1, -0.05) is 13.8 Å². The van der Waals surface area contributed by atoms with Crippen molar-refractivity contribution in [3.63, 3.8) is 0 Å². The zero-order valence-corrected chi connectivity index (χ0v) is 11.8. The molecule has 0 aliphatic carbocycles. The van der Waals surface area contributed by atoms with E-state index in [1.165, 1.54) is 0 Å². The van der Waals surface area contributed by atoms with Crippen molar-refractivity contribution < 1.29 is 18.7 Å². The minimum absolute atomic E-state index is 0.117. The Balaban J connectivity index is 2.24. The number of hydrogen-bond acceptors (Lipinski definition) is 5. The molecule has 1 fully saturated rings. The summed E-state index contributed by atoms with van der Waals surface area (Å²) in [6.07, 6.45) is 2.48. The number of nitrogens with zero attached hydrogens (tertiary/aromatic N) is 1. The average Bonchev–Trinajstić information content (AvgIpc) is 2.96. The smallest absolute Gasteiger partial charge is 0.376 e. The van der Waals surface area contributed by atoms with E-state index in [0.29, 0.717) is 30.5 Å². The van der Waals surface area contributed by atoms with Crippen LogP contribution in [0.3, 0.4) is 0 Å². The SMILES string of the molecule is CCOC(=O)c1oc(C2CCCO2)nc1CC(C)C. The van der Waals surface area contributed by atoms with Crippen molar-refractivity contribution in [2.45, 2.75) is 46.1 Å². The molecule has 0 aromatic carbocycles. The molecule has 106 valence electrons. The number of ether oxygens (including phenoxy) is 2. The fourth-order valence-corrected chi connectivity index (χ4v) is 2.16. The second-order valence-corrected chi connectivity index (χ2v) is 5.15. The van der Waals surface area contributed by atoms with E-state index in [0.717, 1.165) is 19.4 Å². The first-order chi connectivity index (χ1) is 9.11. The van der Waals surface area contributed by atoms with Crippen LogP contribution in [0.1, 0.15) is 61.9 Å². The first-order valence-electron chi connectivity index (χ1n) is 6.90. The summed E-state index contributed by atoms with van der Waals surface area (Å²) in [5.74, 6) is 0.711. The Hall–Kier alpha value is -1.36.